The van der Waals surface area contributed by atoms with Gasteiger partial charge in [0.25, 0.3) is 0 Å². The van der Waals surface area contributed by atoms with Gasteiger partial charge in [-0.3, -0.25) is 0 Å². The van der Waals surface area contributed by atoms with Crippen molar-refractivity contribution in [3.63, 3.8) is 0 Å². The summed E-state index contributed by atoms with van der Waals surface area (Å²) in [5, 5.41) is 0. The van der Waals surface area contributed by atoms with E-state index in [2.05, 4.69) is 13.8 Å². The van der Waals surface area contributed by atoms with E-state index in [1.807, 2.05) is 0 Å². The van der Waals surface area contributed by atoms with Gasteiger partial charge < -0.3 is 0 Å². The van der Waals surface area contributed by atoms with Crippen LogP contribution in [0.4, 0.5) is 0 Å². The van der Waals surface area contributed by atoms with Crippen LogP contribution in [0.3, 0.4) is 0 Å². The quantitative estimate of drug-likeness (QED) is 0.366. The first kappa shape index (κ1) is 8.34. The van der Waals surface area contributed by atoms with E-state index in [4.69, 9.17) is 2.74 Å². The third-order valence-corrected chi connectivity index (χ3v) is 1.91. The maximum atomic E-state index is 7.65. The Morgan fingerprint density at radius 1 is 0.833 bits per heavy atom. The van der Waals surface area contributed by atoms with Crippen molar-refractivity contribution >= 4 is 0 Å². The summed E-state index contributed by atoms with van der Waals surface area (Å²) in [6.07, 6.45) is 8.72. The van der Waals surface area contributed by atoms with Gasteiger partial charge in [-0.05, 0) is 19.3 Å². The second kappa shape index (κ2) is 10.7. The molecule has 0 saturated heterocycles. The number of allylic oxidation sites excluding steroid dienone is 2. The normalized spacial score (nSPS) is 15.2. The van der Waals surface area contributed by atoms with Crippen LogP contribution in [-0.4, -0.2) is 0 Å². The summed E-state index contributed by atoms with van der Waals surface area (Å²) >= 11 is 0. The Hall–Kier alpha value is -0.260. The smallest absolute Gasteiger partial charge is 0.0572 e. The summed E-state index contributed by atoms with van der Waals surface area (Å²) in [4.78, 5) is 0. The number of rotatable bonds is 8. The molecule has 0 aliphatic carbocycles. The molecular weight excluding hydrogens is 144 g/mol. The summed E-state index contributed by atoms with van der Waals surface area (Å²) in [7, 11) is 0. The van der Waals surface area contributed by atoms with Crippen LogP contribution in [0.5, 0.6) is 0 Å². The van der Waals surface area contributed by atoms with Crippen LogP contribution in [0.2, 0.25) is 0 Å². The Kier molecular flexibility index (Phi) is 7.47. The lowest BCUT2D eigenvalue weighted by Crippen LogP contribution is -1.75. The second-order valence-corrected chi connectivity index (χ2v) is 3.27. The standard InChI is InChI=1S/C12H24/c1-3-5-7-9-11-12-10-8-6-4-2/h7,9H,3-6,8,10-12H2,1-2H3/b9-7-/i7D,9D. The summed E-state index contributed by atoms with van der Waals surface area (Å²) in [5.41, 5.74) is 0. The van der Waals surface area contributed by atoms with E-state index in [0.717, 1.165) is 25.7 Å². The Morgan fingerprint density at radius 3 is 2.17 bits per heavy atom. The van der Waals surface area contributed by atoms with E-state index < -0.39 is 0 Å². The molecule has 0 spiro atoms. The van der Waals surface area contributed by atoms with Crippen molar-refractivity contribution in [2.45, 2.75) is 65.2 Å². The highest BCUT2D eigenvalue weighted by molar-refractivity contribution is 4.80. The number of hydrogen-bond acceptors (Lipinski definition) is 0. The maximum absolute atomic E-state index is 7.65. The molecule has 0 saturated carbocycles. The first-order valence-electron chi connectivity index (χ1n) is 6.37. The topological polar surface area (TPSA) is 0 Å². The van der Waals surface area contributed by atoms with Crippen molar-refractivity contribution in [3.05, 3.63) is 12.1 Å². The Balaban J connectivity index is 3.51. The highest BCUT2D eigenvalue weighted by atomic mass is 13.9. The van der Waals surface area contributed by atoms with Gasteiger partial charge >= 0.3 is 0 Å². The third-order valence-electron chi connectivity index (χ3n) is 1.91. The molecule has 0 unspecified atom stereocenters. The summed E-state index contributed by atoms with van der Waals surface area (Å²) in [6.45, 7) is 4.27. The van der Waals surface area contributed by atoms with Crippen molar-refractivity contribution in [1.29, 1.82) is 0 Å². The van der Waals surface area contributed by atoms with Crippen LogP contribution in [0, 0.1) is 0 Å². The van der Waals surface area contributed by atoms with Crippen molar-refractivity contribution in [2.24, 2.45) is 0 Å². The van der Waals surface area contributed by atoms with E-state index in [0.29, 0.717) is 12.1 Å². The summed E-state index contributed by atoms with van der Waals surface area (Å²) < 4.78 is 15.2. The molecule has 0 bridgehead atoms. The van der Waals surface area contributed by atoms with Crippen LogP contribution >= 0.6 is 0 Å². The molecule has 0 amide bonds. The molecule has 0 rings (SSSR count). The average Bonchev–Trinajstić information content (AvgIpc) is 2.17. The van der Waals surface area contributed by atoms with Crippen LogP contribution in [-0.2, 0) is 0 Å². The SMILES string of the molecule is [2H]/C(CCC)=C(\[2H])CCCCCCC. The Bertz CT molecular complexity index is 162. The van der Waals surface area contributed by atoms with Crippen LogP contribution < -0.4 is 0 Å². The van der Waals surface area contributed by atoms with E-state index in [1.165, 1.54) is 25.7 Å². The highest BCUT2D eigenvalue weighted by Crippen LogP contribution is 2.05. The second-order valence-electron chi connectivity index (χ2n) is 3.27. The van der Waals surface area contributed by atoms with Gasteiger partial charge in [-0.2, -0.15) is 0 Å². The molecule has 0 aliphatic rings. The first-order valence-corrected chi connectivity index (χ1v) is 5.37. The number of unbranched alkanes of at least 4 members (excludes halogenated alkanes) is 4. The van der Waals surface area contributed by atoms with Gasteiger partial charge in [0.2, 0.25) is 0 Å². The minimum absolute atomic E-state index is 0.544. The number of hydrogen-bond donors (Lipinski definition) is 0. The van der Waals surface area contributed by atoms with Crippen LogP contribution in [0.15, 0.2) is 12.1 Å². The zero-order valence-electron chi connectivity index (χ0n) is 10.7. The van der Waals surface area contributed by atoms with Crippen molar-refractivity contribution in [1.82, 2.24) is 0 Å². The lowest BCUT2D eigenvalue weighted by Gasteiger charge is -1.95. The largest absolute Gasteiger partial charge is 0.0885 e. The predicted octanol–water partition coefficient (Wildman–Crippen LogP) is 4.70. The van der Waals surface area contributed by atoms with Gasteiger partial charge in [0.05, 0.1) is 2.74 Å². The molecular formula is C12H24. The monoisotopic (exact) mass is 170 g/mol. The van der Waals surface area contributed by atoms with Gasteiger partial charge in [-0.15, -0.1) is 0 Å². The third kappa shape index (κ3) is 9.74. The lowest BCUT2D eigenvalue weighted by molar-refractivity contribution is 0.637. The van der Waals surface area contributed by atoms with Gasteiger partial charge in [-0.1, -0.05) is 58.1 Å². The fourth-order valence-electron chi connectivity index (χ4n) is 1.12. The minimum Gasteiger partial charge on any atom is -0.0885 e. The fourth-order valence-corrected chi connectivity index (χ4v) is 1.12. The molecule has 0 N–H and O–H groups in total. The summed E-state index contributed by atoms with van der Waals surface area (Å²) in [6, 6.07) is 1.10. The molecule has 72 valence electrons. The molecule has 0 radical (unpaired) electrons. The van der Waals surface area contributed by atoms with Gasteiger partial charge in [0.15, 0.2) is 0 Å². The lowest BCUT2D eigenvalue weighted by atomic mass is 10.1. The molecule has 0 atom stereocenters. The Morgan fingerprint density at radius 2 is 1.50 bits per heavy atom. The molecule has 0 fully saturated rings. The van der Waals surface area contributed by atoms with E-state index in [-0.39, 0.29) is 0 Å². The first-order chi connectivity index (χ1) is 6.72. The van der Waals surface area contributed by atoms with Gasteiger partial charge in [0.1, 0.15) is 0 Å². The molecule has 0 nitrogen and oxygen atoms in total. The minimum atomic E-state index is 0.544. The maximum Gasteiger partial charge on any atom is 0.0572 e. The zero-order chi connectivity index (χ0) is 10.8. The Labute approximate surface area is 80.9 Å². The summed E-state index contributed by atoms with van der Waals surface area (Å²) in [5.74, 6) is 0. The van der Waals surface area contributed by atoms with E-state index in [9.17, 15) is 0 Å². The fraction of sp³-hybridized carbons (Fsp3) is 0.833. The predicted molar refractivity (Wildman–Crippen MR) is 57.4 cm³/mol. The molecule has 0 aromatic rings. The van der Waals surface area contributed by atoms with Crippen molar-refractivity contribution < 1.29 is 2.74 Å². The highest BCUT2D eigenvalue weighted by Gasteiger charge is 1.85. The van der Waals surface area contributed by atoms with Crippen molar-refractivity contribution in [2.75, 3.05) is 0 Å². The molecule has 0 heteroatoms. The van der Waals surface area contributed by atoms with E-state index >= 15 is 0 Å². The van der Waals surface area contributed by atoms with Crippen LogP contribution in [0.1, 0.15) is 68.0 Å². The van der Waals surface area contributed by atoms with Crippen LogP contribution in [0.25, 0.3) is 0 Å². The van der Waals surface area contributed by atoms with E-state index in [1.54, 1.807) is 0 Å². The molecule has 12 heavy (non-hydrogen) atoms. The molecule has 0 aliphatic heterocycles. The van der Waals surface area contributed by atoms with Gasteiger partial charge in [0, 0.05) is 0 Å². The average molecular weight is 170 g/mol. The van der Waals surface area contributed by atoms with Crippen molar-refractivity contribution in [3.8, 4) is 0 Å². The molecule has 0 heterocycles. The zero-order valence-corrected chi connectivity index (χ0v) is 8.66. The molecule has 0 aromatic carbocycles. The van der Waals surface area contributed by atoms with Gasteiger partial charge in [-0.25, -0.2) is 0 Å². The molecule has 0 aromatic heterocycles.